The number of anilines is 2. The number of nitrogen functional groups attached to an aromatic ring is 1. The van der Waals surface area contributed by atoms with E-state index in [2.05, 4.69) is 5.32 Å². The number of fused-ring (bicyclic) bond motifs is 2. The Labute approximate surface area is 112 Å². The van der Waals surface area contributed by atoms with Gasteiger partial charge in [-0.15, -0.1) is 0 Å². The van der Waals surface area contributed by atoms with Gasteiger partial charge < -0.3 is 11.1 Å². The second-order valence-electron chi connectivity index (χ2n) is 5.51. The molecule has 3 N–H and O–H groups in total. The molecule has 0 heterocycles. The van der Waals surface area contributed by atoms with Crippen LogP contribution < -0.4 is 11.1 Å². The number of amides is 1. The maximum Gasteiger partial charge on any atom is 0.227 e. The first-order chi connectivity index (χ1) is 8.63. The van der Waals surface area contributed by atoms with Crippen molar-refractivity contribution in [3.8, 4) is 0 Å². The fraction of sp³-hybridized carbons (Fsp3) is 0.500. The summed E-state index contributed by atoms with van der Waals surface area (Å²) in [6, 6.07) is 5.23. The predicted molar refractivity (Wildman–Crippen MR) is 73.4 cm³/mol. The zero-order valence-electron chi connectivity index (χ0n) is 10.2. The van der Waals surface area contributed by atoms with E-state index in [9.17, 15) is 4.79 Å². The molecule has 1 amide bonds. The number of nitrogens with two attached hydrogens (primary N) is 1. The summed E-state index contributed by atoms with van der Waals surface area (Å²) in [5.41, 5.74) is 6.92. The van der Waals surface area contributed by atoms with Gasteiger partial charge in [-0.1, -0.05) is 18.0 Å². The Morgan fingerprint density at radius 3 is 2.78 bits per heavy atom. The lowest BCUT2D eigenvalue weighted by atomic mass is 9.88. The molecular weight excluding hydrogens is 248 g/mol. The van der Waals surface area contributed by atoms with Crippen LogP contribution in [0.2, 0.25) is 5.02 Å². The summed E-state index contributed by atoms with van der Waals surface area (Å²) in [7, 11) is 0. The first kappa shape index (κ1) is 11.8. The molecule has 0 aromatic heterocycles. The molecule has 3 unspecified atom stereocenters. The summed E-state index contributed by atoms with van der Waals surface area (Å²) < 4.78 is 0. The summed E-state index contributed by atoms with van der Waals surface area (Å²) in [6.45, 7) is 0. The Kier molecular flexibility index (Phi) is 2.94. The third kappa shape index (κ3) is 2.07. The van der Waals surface area contributed by atoms with Crippen LogP contribution >= 0.6 is 11.6 Å². The first-order valence-electron chi connectivity index (χ1n) is 6.49. The van der Waals surface area contributed by atoms with E-state index >= 15 is 0 Å². The van der Waals surface area contributed by atoms with Gasteiger partial charge in [0.05, 0.1) is 10.7 Å². The van der Waals surface area contributed by atoms with Crippen LogP contribution in [0.1, 0.15) is 25.7 Å². The van der Waals surface area contributed by atoms with E-state index in [-0.39, 0.29) is 11.8 Å². The van der Waals surface area contributed by atoms with E-state index in [0.29, 0.717) is 16.6 Å². The van der Waals surface area contributed by atoms with E-state index in [0.717, 1.165) is 18.0 Å². The zero-order chi connectivity index (χ0) is 12.7. The lowest BCUT2D eigenvalue weighted by Gasteiger charge is -2.20. The van der Waals surface area contributed by atoms with Gasteiger partial charge in [0.15, 0.2) is 0 Å². The molecule has 0 aliphatic heterocycles. The average molecular weight is 265 g/mol. The summed E-state index contributed by atoms with van der Waals surface area (Å²) >= 11 is 5.94. The van der Waals surface area contributed by atoms with Gasteiger partial charge in [0.2, 0.25) is 5.91 Å². The molecule has 2 saturated carbocycles. The number of carbonyl (C=O) groups is 1. The summed E-state index contributed by atoms with van der Waals surface area (Å²) in [5, 5.41) is 3.44. The number of rotatable bonds is 2. The van der Waals surface area contributed by atoms with Crippen molar-refractivity contribution in [1.82, 2.24) is 0 Å². The average Bonchev–Trinajstić information content (AvgIpc) is 2.96. The molecule has 2 fully saturated rings. The SMILES string of the molecule is Nc1ccc(NC(=O)C2CC3CCC2C3)cc1Cl. The largest absolute Gasteiger partial charge is 0.398 e. The third-order valence-corrected chi connectivity index (χ3v) is 4.67. The van der Waals surface area contributed by atoms with Gasteiger partial charge in [-0.3, -0.25) is 4.79 Å². The number of hydrogen-bond acceptors (Lipinski definition) is 2. The van der Waals surface area contributed by atoms with Crippen molar-refractivity contribution in [2.24, 2.45) is 17.8 Å². The van der Waals surface area contributed by atoms with Gasteiger partial charge in [-0.05, 0) is 49.3 Å². The highest BCUT2D eigenvalue weighted by Crippen LogP contribution is 2.48. The summed E-state index contributed by atoms with van der Waals surface area (Å²) in [4.78, 5) is 12.2. The number of benzene rings is 1. The van der Waals surface area contributed by atoms with Gasteiger partial charge in [0, 0.05) is 11.6 Å². The fourth-order valence-electron chi connectivity index (χ4n) is 3.41. The Morgan fingerprint density at radius 2 is 2.17 bits per heavy atom. The lowest BCUT2D eigenvalue weighted by Crippen LogP contribution is -2.27. The highest BCUT2D eigenvalue weighted by molar-refractivity contribution is 6.33. The van der Waals surface area contributed by atoms with Crippen LogP contribution in [0, 0.1) is 17.8 Å². The van der Waals surface area contributed by atoms with E-state index < -0.39 is 0 Å². The quantitative estimate of drug-likeness (QED) is 0.806. The maximum absolute atomic E-state index is 12.2. The van der Waals surface area contributed by atoms with Crippen LogP contribution in [0.15, 0.2) is 18.2 Å². The van der Waals surface area contributed by atoms with Crippen molar-refractivity contribution >= 4 is 28.9 Å². The normalized spacial score (nSPS) is 29.5. The second kappa shape index (κ2) is 4.47. The Hall–Kier alpha value is -1.22. The van der Waals surface area contributed by atoms with E-state index in [1.54, 1.807) is 18.2 Å². The van der Waals surface area contributed by atoms with E-state index in [1.165, 1.54) is 19.3 Å². The highest BCUT2D eigenvalue weighted by atomic mass is 35.5. The van der Waals surface area contributed by atoms with Crippen LogP contribution in [-0.4, -0.2) is 5.91 Å². The third-order valence-electron chi connectivity index (χ3n) is 4.34. The lowest BCUT2D eigenvalue weighted by molar-refractivity contribution is -0.121. The molecule has 18 heavy (non-hydrogen) atoms. The maximum atomic E-state index is 12.2. The number of hydrogen-bond donors (Lipinski definition) is 2. The van der Waals surface area contributed by atoms with Crippen molar-refractivity contribution in [3.63, 3.8) is 0 Å². The topological polar surface area (TPSA) is 55.1 Å². The Morgan fingerprint density at radius 1 is 1.33 bits per heavy atom. The Balaban J connectivity index is 1.69. The van der Waals surface area contributed by atoms with Crippen LogP contribution in [0.4, 0.5) is 11.4 Å². The van der Waals surface area contributed by atoms with Crippen molar-refractivity contribution in [2.45, 2.75) is 25.7 Å². The minimum Gasteiger partial charge on any atom is -0.398 e. The first-order valence-corrected chi connectivity index (χ1v) is 6.87. The molecule has 3 atom stereocenters. The molecule has 1 aromatic carbocycles. The molecule has 2 aliphatic rings. The molecule has 0 radical (unpaired) electrons. The molecule has 96 valence electrons. The molecule has 0 spiro atoms. The molecular formula is C14H17ClN2O. The molecule has 3 rings (SSSR count). The number of halogens is 1. The molecule has 4 heteroatoms. The molecule has 1 aromatic rings. The predicted octanol–water partition coefficient (Wildman–Crippen LogP) is 3.30. The van der Waals surface area contributed by atoms with E-state index in [4.69, 9.17) is 17.3 Å². The highest BCUT2D eigenvalue weighted by Gasteiger charge is 2.42. The number of carbonyl (C=O) groups excluding carboxylic acids is 1. The molecule has 0 saturated heterocycles. The van der Waals surface area contributed by atoms with Crippen LogP contribution in [-0.2, 0) is 4.79 Å². The van der Waals surface area contributed by atoms with Gasteiger partial charge in [-0.2, -0.15) is 0 Å². The van der Waals surface area contributed by atoms with Crippen LogP contribution in [0.5, 0.6) is 0 Å². The Bertz CT molecular complexity index is 489. The standard InChI is InChI=1S/C14H17ClN2O/c15-12-7-10(3-4-13(12)16)17-14(18)11-6-8-1-2-9(11)5-8/h3-4,7-9,11H,1-2,5-6,16H2,(H,17,18). The van der Waals surface area contributed by atoms with Crippen molar-refractivity contribution < 1.29 is 4.79 Å². The smallest absolute Gasteiger partial charge is 0.227 e. The number of nitrogens with one attached hydrogen (secondary N) is 1. The van der Waals surface area contributed by atoms with Gasteiger partial charge in [0.1, 0.15) is 0 Å². The van der Waals surface area contributed by atoms with Crippen molar-refractivity contribution in [3.05, 3.63) is 23.2 Å². The van der Waals surface area contributed by atoms with Gasteiger partial charge in [0.25, 0.3) is 0 Å². The van der Waals surface area contributed by atoms with Crippen LogP contribution in [0.3, 0.4) is 0 Å². The zero-order valence-corrected chi connectivity index (χ0v) is 10.9. The minimum absolute atomic E-state index is 0.142. The molecule has 3 nitrogen and oxygen atoms in total. The fourth-order valence-corrected chi connectivity index (χ4v) is 3.59. The molecule has 2 aliphatic carbocycles. The van der Waals surface area contributed by atoms with Gasteiger partial charge in [-0.25, -0.2) is 0 Å². The van der Waals surface area contributed by atoms with Crippen molar-refractivity contribution in [1.29, 1.82) is 0 Å². The second-order valence-corrected chi connectivity index (χ2v) is 5.91. The minimum atomic E-state index is 0.142. The molecule has 2 bridgehead atoms. The van der Waals surface area contributed by atoms with E-state index in [1.807, 2.05) is 0 Å². The summed E-state index contributed by atoms with van der Waals surface area (Å²) in [6.07, 6.45) is 4.81. The van der Waals surface area contributed by atoms with Crippen molar-refractivity contribution in [2.75, 3.05) is 11.1 Å². The monoisotopic (exact) mass is 264 g/mol. The summed E-state index contributed by atoms with van der Waals surface area (Å²) in [5.74, 6) is 1.71. The van der Waals surface area contributed by atoms with Crippen LogP contribution in [0.25, 0.3) is 0 Å². The van der Waals surface area contributed by atoms with Gasteiger partial charge >= 0.3 is 0 Å².